The molecular weight excluding hydrogens is 492 g/mol. The van der Waals surface area contributed by atoms with Gasteiger partial charge >= 0.3 is 5.97 Å². The van der Waals surface area contributed by atoms with Gasteiger partial charge in [0, 0.05) is 43.3 Å². The number of aliphatic carboxylic acids is 1. The van der Waals surface area contributed by atoms with Gasteiger partial charge in [0.1, 0.15) is 11.6 Å². The van der Waals surface area contributed by atoms with Gasteiger partial charge in [0.05, 0.1) is 30.3 Å². The first-order chi connectivity index (χ1) is 17.8. The number of thiazole rings is 1. The van der Waals surface area contributed by atoms with E-state index in [0.717, 1.165) is 48.6 Å². The Kier molecular flexibility index (Phi) is 7.07. The zero-order valence-corrected chi connectivity index (χ0v) is 21.5. The molecule has 0 atom stereocenters. The summed E-state index contributed by atoms with van der Waals surface area (Å²) in [7, 11) is 2.05. The molecule has 5 rings (SSSR count). The number of carbonyl (C=O) groups is 3. The fourth-order valence-corrected chi connectivity index (χ4v) is 5.84. The van der Waals surface area contributed by atoms with Crippen LogP contribution in [0.5, 0.6) is 0 Å². The minimum atomic E-state index is -0.993. The van der Waals surface area contributed by atoms with Crippen LogP contribution in [-0.4, -0.2) is 80.7 Å². The van der Waals surface area contributed by atoms with Crippen molar-refractivity contribution in [3.63, 3.8) is 0 Å². The number of rotatable bonds is 8. The van der Waals surface area contributed by atoms with Crippen molar-refractivity contribution in [2.24, 2.45) is 5.41 Å². The molecule has 2 N–H and O–H groups in total. The molecule has 0 unspecified atom stereocenters. The molecule has 10 nitrogen and oxygen atoms in total. The SMILES string of the molecule is CN1CCN(C(=O)Cn2cc(-c3csc(CNC(=O)C4(CC(=O)O)Cc5ccccc5C4)n3)cn2)CC1. The molecule has 11 heteroatoms. The number of hydrogen-bond acceptors (Lipinski definition) is 7. The van der Waals surface area contributed by atoms with E-state index >= 15 is 0 Å². The van der Waals surface area contributed by atoms with E-state index in [9.17, 15) is 19.5 Å². The lowest BCUT2D eigenvalue weighted by molar-refractivity contribution is -0.145. The minimum absolute atomic E-state index is 0.0498. The summed E-state index contributed by atoms with van der Waals surface area (Å²) in [6.45, 7) is 3.61. The molecular formula is C26H30N6O4S. The van der Waals surface area contributed by atoms with E-state index in [1.54, 1.807) is 10.9 Å². The Hall–Kier alpha value is -3.57. The van der Waals surface area contributed by atoms with Gasteiger partial charge in [-0.2, -0.15) is 5.10 Å². The normalized spacial score (nSPS) is 16.9. The smallest absolute Gasteiger partial charge is 0.304 e. The summed E-state index contributed by atoms with van der Waals surface area (Å²) >= 11 is 1.42. The number of likely N-dealkylation sites (N-methyl/N-ethyl adjacent to an activating group) is 1. The molecule has 3 heterocycles. The first kappa shape index (κ1) is 25.1. The lowest BCUT2D eigenvalue weighted by Gasteiger charge is -2.32. The summed E-state index contributed by atoms with van der Waals surface area (Å²) in [6.07, 6.45) is 4.10. The van der Waals surface area contributed by atoms with Crippen molar-refractivity contribution in [2.45, 2.75) is 32.4 Å². The van der Waals surface area contributed by atoms with Gasteiger partial charge in [-0.05, 0) is 31.0 Å². The third-order valence-corrected chi connectivity index (χ3v) is 8.03. The number of nitrogens with zero attached hydrogens (tertiary/aromatic N) is 5. The quantitative estimate of drug-likeness (QED) is 0.462. The first-order valence-electron chi connectivity index (χ1n) is 12.3. The van der Waals surface area contributed by atoms with E-state index < -0.39 is 11.4 Å². The van der Waals surface area contributed by atoms with Gasteiger partial charge < -0.3 is 20.2 Å². The van der Waals surface area contributed by atoms with Crippen molar-refractivity contribution in [3.05, 3.63) is 58.2 Å². The lowest BCUT2D eigenvalue weighted by atomic mass is 9.80. The van der Waals surface area contributed by atoms with Gasteiger partial charge in [0.25, 0.3) is 0 Å². The van der Waals surface area contributed by atoms with Gasteiger partial charge in [-0.3, -0.25) is 19.1 Å². The maximum Gasteiger partial charge on any atom is 0.304 e. The summed E-state index contributed by atoms with van der Waals surface area (Å²) in [5, 5.41) is 19.4. The maximum absolute atomic E-state index is 13.2. The molecule has 37 heavy (non-hydrogen) atoms. The number of carboxylic acids is 1. The highest BCUT2D eigenvalue weighted by Gasteiger charge is 2.45. The van der Waals surface area contributed by atoms with Crippen LogP contribution in [-0.2, 0) is 40.3 Å². The van der Waals surface area contributed by atoms with Crippen LogP contribution >= 0.6 is 11.3 Å². The van der Waals surface area contributed by atoms with Crippen LogP contribution in [0.25, 0.3) is 11.3 Å². The van der Waals surface area contributed by atoms with Crippen LogP contribution in [0.2, 0.25) is 0 Å². The number of aromatic nitrogens is 3. The Bertz CT molecular complexity index is 1280. The summed E-state index contributed by atoms with van der Waals surface area (Å²) in [6, 6.07) is 7.74. The van der Waals surface area contributed by atoms with E-state index in [2.05, 4.69) is 27.3 Å². The van der Waals surface area contributed by atoms with Gasteiger partial charge in [-0.1, -0.05) is 24.3 Å². The highest BCUT2D eigenvalue weighted by molar-refractivity contribution is 7.09. The molecule has 0 bridgehead atoms. The number of amides is 2. The average Bonchev–Trinajstić information content (AvgIpc) is 3.61. The zero-order valence-electron chi connectivity index (χ0n) is 20.7. The Labute approximate surface area is 218 Å². The van der Waals surface area contributed by atoms with Gasteiger partial charge in [-0.25, -0.2) is 4.98 Å². The molecule has 2 aliphatic rings. The summed E-state index contributed by atoms with van der Waals surface area (Å²) in [5.74, 6) is -1.20. The molecule has 194 valence electrons. The van der Waals surface area contributed by atoms with Crippen LogP contribution in [0.4, 0.5) is 0 Å². The van der Waals surface area contributed by atoms with Crippen molar-refractivity contribution in [3.8, 4) is 11.3 Å². The van der Waals surface area contributed by atoms with Crippen molar-refractivity contribution >= 4 is 29.1 Å². The van der Waals surface area contributed by atoms with Crippen molar-refractivity contribution < 1.29 is 19.5 Å². The molecule has 3 aromatic rings. The Balaban J connectivity index is 1.19. The molecule has 0 spiro atoms. The molecule has 1 fully saturated rings. The molecule has 0 saturated carbocycles. The molecule has 1 aliphatic carbocycles. The van der Waals surface area contributed by atoms with Crippen LogP contribution in [0.1, 0.15) is 22.6 Å². The van der Waals surface area contributed by atoms with Crippen LogP contribution in [0.3, 0.4) is 0 Å². The van der Waals surface area contributed by atoms with Gasteiger partial charge in [-0.15, -0.1) is 11.3 Å². The first-order valence-corrected chi connectivity index (χ1v) is 13.2. The largest absolute Gasteiger partial charge is 0.481 e. The average molecular weight is 523 g/mol. The zero-order chi connectivity index (χ0) is 26.0. The predicted octanol–water partition coefficient (Wildman–Crippen LogP) is 1.66. The van der Waals surface area contributed by atoms with Crippen molar-refractivity contribution in [1.82, 2.24) is 29.9 Å². The fraction of sp³-hybridized carbons (Fsp3) is 0.423. The Morgan fingerprint density at radius 2 is 1.81 bits per heavy atom. The standard InChI is InChI=1S/C26H30N6O4S/c1-30-6-8-31(9-7-30)23(33)16-32-15-20(13-28-32)21-17-37-22(29-21)14-27-25(36)26(12-24(34)35)10-18-4-2-3-5-19(18)11-26/h2-5,13,15,17H,6-12,14,16H2,1H3,(H,27,36)(H,34,35). The third kappa shape index (κ3) is 5.57. The summed E-state index contributed by atoms with van der Waals surface area (Å²) in [4.78, 5) is 46.1. The van der Waals surface area contributed by atoms with E-state index in [1.165, 1.54) is 11.3 Å². The molecule has 0 radical (unpaired) electrons. The number of benzene rings is 1. The summed E-state index contributed by atoms with van der Waals surface area (Å²) < 4.78 is 1.63. The second-order valence-electron chi connectivity index (χ2n) is 9.89. The maximum atomic E-state index is 13.2. The van der Waals surface area contributed by atoms with E-state index in [1.807, 2.05) is 40.7 Å². The van der Waals surface area contributed by atoms with Crippen LogP contribution in [0, 0.1) is 5.41 Å². The number of nitrogens with one attached hydrogen (secondary N) is 1. The predicted molar refractivity (Wildman–Crippen MR) is 138 cm³/mol. The molecule has 1 aromatic carbocycles. The number of carboxylic acid groups (broad SMARTS) is 1. The van der Waals surface area contributed by atoms with Gasteiger partial charge in [0.2, 0.25) is 11.8 Å². The molecule has 1 saturated heterocycles. The highest BCUT2D eigenvalue weighted by Crippen LogP contribution is 2.40. The van der Waals surface area contributed by atoms with Crippen molar-refractivity contribution in [2.75, 3.05) is 33.2 Å². The third-order valence-electron chi connectivity index (χ3n) is 7.18. The van der Waals surface area contributed by atoms with Crippen LogP contribution in [0.15, 0.2) is 42.0 Å². The number of piperazine rings is 1. The van der Waals surface area contributed by atoms with Crippen molar-refractivity contribution in [1.29, 1.82) is 0 Å². The topological polar surface area (TPSA) is 121 Å². The van der Waals surface area contributed by atoms with E-state index in [0.29, 0.717) is 17.8 Å². The van der Waals surface area contributed by atoms with E-state index in [4.69, 9.17) is 0 Å². The Morgan fingerprint density at radius 3 is 2.49 bits per heavy atom. The van der Waals surface area contributed by atoms with Gasteiger partial charge in [0.15, 0.2) is 0 Å². The molecule has 2 aromatic heterocycles. The second kappa shape index (κ2) is 10.4. The fourth-order valence-electron chi connectivity index (χ4n) is 5.09. The lowest BCUT2D eigenvalue weighted by Crippen LogP contribution is -2.48. The Morgan fingerprint density at radius 1 is 1.11 bits per heavy atom. The molecule has 1 aliphatic heterocycles. The number of carbonyl (C=O) groups excluding carboxylic acids is 2. The summed E-state index contributed by atoms with van der Waals surface area (Å²) in [5.41, 5.74) is 2.58. The van der Waals surface area contributed by atoms with E-state index in [-0.39, 0.29) is 31.3 Å². The molecule has 2 amide bonds. The van der Waals surface area contributed by atoms with Crippen LogP contribution < -0.4 is 5.32 Å². The monoisotopic (exact) mass is 522 g/mol. The highest BCUT2D eigenvalue weighted by atomic mass is 32.1. The number of fused-ring (bicyclic) bond motifs is 1. The minimum Gasteiger partial charge on any atom is -0.481 e. The second-order valence-corrected chi connectivity index (χ2v) is 10.8. The number of hydrogen-bond donors (Lipinski definition) is 2.